The van der Waals surface area contributed by atoms with Gasteiger partial charge in [-0.3, -0.25) is 0 Å². The number of ether oxygens (including phenoxy) is 1. The zero-order chi connectivity index (χ0) is 11.2. The molecule has 0 spiro atoms. The van der Waals surface area contributed by atoms with Gasteiger partial charge < -0.3 is 4.74 Å². The average molecular weight is 216 g/mol. The minimum atomic E-state index is 0.405. The molecule has 0 N–H and O–H groups in total. The normalized spacial score (nSPS) is 20.4. The van der Waals surface area contributed by atoms with E-state index in [1.165, 1.54) is 24.8 Å². The third kappa shape index (κ3) is 2.86. The van der Waals surface area contributed by atoms with E-state index < -0.39 is 0 Å². The van der Waals surface area contributed by atoms with Gasteiger partial charge in [0.15, 0.2) is 0 Å². The van der Waals surface area contributed by atoms with Gasteiger partial charge in [-0.25, -0.2) is 5.32 Å². The quantitative estimate of drug-likeness (QED) is 0.709. The molecule has 0 aliphatic carbocycles. The summed E-state index contributed by atoms with van der Waals surface area (Å²) < 4.78 is 5.45. The predicted octanol–water partition coefficient (Wildman–Crippen LogP) is 3.08. The molecular formula is C14H18NO. The minimum Gasteiger partial charge on any atom is -0.490 e. The summed E-state index contributed by atoms with van der Waals surface area (Å²) in [7, 11) is 0. The Morgan fingerprint density at radius 1 is 1.31 bits per heavy atom. The SMILES string of the molecule is C=CCOc1ccc(C2CCCC[N]2)cc1. The van der Waals surface area contributed by atoms with Crippen LogP contribution in [0.2, 0.25) is 0 Å². The second-order valence-electron chi connectivity index (χ2n) is 4.09. The van der Waals surface area contributed by atoms with Crippen LogP contribution in [0.4, 0.5) is 0 Å². The highest BCUT2D eigenvalue weighted by Gasteiger charge is 2.15. The Hall–Kier alpha value is -1.28. The summed E-state index contributed by atoms with van der Waals surface area (Å²) in [5.74, 6) is 0.902. The van der Waals surface area contributed by atoms with Gasteiger partial charge in [0, 0.05) is 12.6 Å². The first-order chi connectivity index (χ1) is 7.90. The molecule has 0 bridgehead atoms. The summed E-state index contributed by atoms with van der Waals surface area (Å²) in [6, 6.07) is 8.68. The Bertz CT molecular complexity index is 325. The Balaban J connectivity index is 1.97. The molecule has 0 saturated carbocycles. The molecule has 1 aromatic carbocycles. The van der Waals surface area contributed by atoms with Gasteiger partial charge in [-0.15, -0.1) is 0 Å². The van der Waals surface area contributed by atoms with E-state index >= 15 is 0 Å². The number of nitrogens with zero attached hydrogens (tertiary/aromatic N) is 1. The van der Waals surface area contributed by atoms with Gasteiger partial charge in [0.1, 0.15) is 12.4 Å². The first-order valence-electron chi connectivity index (χ1n) is 5.90. The van der Waals surface area contributed by atoms with Gasteiger partial charge >= 0.3 is 0 Å². The summed E-state index contributed by atoms with van der Waals surface area (Å²) in [5, 5.41) is 4.63. The fourth-order valence-electron chi connectivity index (χ4n) is 2.00. The van der Waals surface area contributed by atoms with Crippen molar-refractivity contribution in [1.29, 1.82) is 0 Å². The molecule has 1 fully saturated rings. The second kappa shape index (κ2) is 5.71. The van der Waals surface area contributed by atoms with Crippen LogP contribution in [0.25, 0.3) is 0 Å². The van der Waals surface area contributed by atoms with Gasteiger partial charge in [-0.2, -0.15) is 0 Å². The largest absolute Gasteiger partial charge is 0.490 e. The number of hydrogen-bond donors (Lipinski definition) is 0. The summed E-state index contributed by atoms with van der Waals surface area (Å²) in [6.45, 7) is 5.20. The van der Waals surface area contributed by atoms with Crippen molar-refractivity contribution in [2.45, 2.75) is 25.3 Å². The predicted molar refractivity (Wildman–Crippen MR) is 65.7 cm³/mol. The third-order valence-electron chi connectivity index (χ3n) is 2.87. The lowest BCUT2D eigenvalue weighted by Gasteiger charge is -2.22. The average Bonchev–Trinajstić information content (AvgIpc) is 2.38. The zero-order valence-electron chi connectivity index (χ0n) is 9.56. The molecule has 1 radical (unpaired) electrons. The van der Waals surface area contributed by atoms with Crippen LogP contribution in [-0.4, -0.2) is 13.2 Å². The molecule has 1 unspecified atom stereocenters. The van der Waals surface area contributed by atoms with Crippen molar-refractivity contribution in [3.05, 3.63) is 42.5 Å². The maximum atomic E-state index is 5.45. The number of benzene rings is 1. The van der Waals surface area contributed by atoms with Crippen LogP contribution in [0.1, 0.15) is 30.9 Å². The van der Waals surface area contributed by atoms with E-state index in [4.69, 9.17) is 4.74 Å². The number of piperidine rings is 1. The van der Waals surface area contributed by atoms with Crippen molar-refractivity contribution in [2.75, 3.05) is 13.2 Å². The van der Waals surface area contributed by atoms with Crippen LogP contribution in [0.5, 0.6) is 5.75 Å². The summed E-state index contributed by atoms with van der Waals surface area (Å²) >= 11 is 0. The van der Waals surface area contributed by atoms with Crippen molar-refractivity contribution in [3.8, 4) is 5.75 Å². The molecule has 1 atom stereocenters. The standard InChI is InChI=1S/C14H18NO/c1-2-11-16-13-8-6-12(7-9-13)14-5-3-4-10-15-14/h2,6-9,14H,1,3-5,10-11H2. The Kier molecular flexibility index (Phi) is 4.00. The maximum Gasteiger partial charge on any atom is 0.119 e. The molecule has 2 nitrogen and oxygen atoms in total. The number of rotatable bonds is 4. The first kappa shape index (κ1) is 11.2. The number of hydrogen-bond acceptors (Lipinski definition) is 1. The molecule has 1 aliphatic rings. The van der Waals surface area contributed by atoms with Crippen molar-refractivity contribution in [3.63, 3.8) is 0 Å². The molecule has 2 rings (SSSR count). The molecule has 1 saturated heterocycles. The molecule has 0 aromatic heterocycles. The summed E-state index contributed by atoms with van der Waals surface area (Å²) in [4.78, 5) is 0. The highest BCUT2D eigenvalue weighted by molar-refractivity contribution is 5.29. The van der Waals surface area contributed by atoms with Crippen LogP contribution in [0.3, 0.4) is 0 Å². The Morgan fingerprint density at radius 2 is 2.12 bits per heavy atom. The van der Waals surface area contributed by atoms with E-state index in [2.05, 4.69) is 24.0 Å². The zero-order valence-corrected chi connectivity index (χ0v) is 9.56. The smallest absolute Gasteiger partial charge is 0.119 e. The van der Waals surface area contributed by atoms with Crippen molar-refractivity contribution in [2.24, 2.45) is 0 Å². The second-order valence-corrected chi connectivity index (χ2v) is 4.09. The molecule has 1 heterocycles. The lowest BCUT2D eigenvalue weighted by atomic mass is 9.98. The van der Waals surface area contributed by atoms with E-state index in [9.17, 15) is 0 Å². The van der Waals surface area contributed by atoms with Crippen LogP contribution >= 0.6 is 0 Å². The van der Waals surface area contributed by atoms with Crippen molar-refractivity contribution in [1.82, 2.24) is 5.32 Å². The molecule has 0 amide bonds. The van der Waals surface area contributed by atoms with Gasteiger partial charge in [-0.1, -0.05) is 31.2 Å². The van der Waals surface area contributed by atoms with Crippen LogP contribution in [0.15, 0.2) is 36.9 Å². The first-order valence-corrected chi connectivity index (χ1v) is 5.90. The van der Waals surface area contributed by atoms with Crippen molar-refractivity contribution >= 4 is 0 Å². The maximum absolute atomic E-state index is 5.45. The lowest BCUT2D eigenvalue weighted by molar-refractivity contribution is 0.362. The van der Waals surface area contributed by atoms with Gasteiger partial charge in [0.05, 0.1) is 0 Å². The van der Waals surface area contributed by atoms with E-state index in [1.54, 1.807) is 6.08 Å². The van der Waals surface area contributed by atoms with Crippen LogP contribution in [0, 0.1) is 0 Å². The minimum absolute atomic E-state index is 0.405. The molecule has 1 aliphatic heterocycles. The van der Waals surface area contributed by atoms with E-state index in [-0.39, 0.29) is 0 Å². The van der Waals surface area contributed by atoms with Gasteiger partial charge in [-0.05, 0) is 30.5 Å². The lowest BCUT2D eigenvalue weighted by Crippen LogP contribution is -2.20. The molecule has 1 aromatic rings. The molecule has 16 heavy (non-hydrogen) atoms. The molecule has 2 heteroatoms. The Labute approximate surface area is 97.3 Å². The summed E-state index contributed by atoms with van der Waals surface area (Å²) in [6.07, 6.45) is 5.48. The highest BCUT2D eigenvalue weighted by atomic mass is 16.5. The highest BCUT2D eigenvalue weighted by Crippen LogP contribution is 2.25. The molecule has 85 valence electrons. The topological polar surface area (TPSA) is 23.3 Å². The van der Waals surface area contributed by atoms with E-state index in [0.717, 1.165) is 12.3 Å². The van der Waals surface area contributed by atoms with E-state index in [1.807, 2.05) is 12.1 Å². The summed E-state index contributed by atoms with van der Waals surface area (Å²) in [5.41, 5.74) is 1.31. The van der Waals surface area contributed by atoms with Crippen molar-refractivity contribution < 1.29 is 4.74 Å². The molecular weight excluding hydrogens is 198 g/mol. The van der Waals surface area contributed by atoms with E-state index in [0.29, 0.717) is 12.6 Å². The van der Waals surface area contributed by atoms with Crippen LogP contribution in [-0.2, 0) is 0 Å². The van der Waals surface area contributed by atoms with Crippen LogP contribution < -0.4 is 10.1 Å². The fraction of sp³-hybridized carbons (Fsp3) is 0.429. The Morgan fingerprint density at radius 3 is 2.75 bits per heavy atom. The van der Waals surface area contributed by atoms with Gasteiger partial charge in [0.25, 0.3) is 0 Å². The third-order valence-corrected chi connectivity index (χ3v) is 2.87. The fourth-order valence-corrected chi connectivity index (χ4v) is 2.00. The van der Waals surface area contributed by atoms with Gasteiger partial charge in [0.2, 0.25) is 0 Å². The monoisotopic (exact) mass is 216 g/mol.